The number of hydrogen-bond donors (Lipinski definition) is 4. The number of methoxy groups -OCH3 is 2. The molecule has 3 rings (SSSR count). The highest BCUT2D eigenvalue weighted by atomic mass is 79.9. The number of aryl methyl sites for hydroxylation is 2. The monoisotopic (exact) mass is 422 g/mol. The van der Waals surface area contributed by atoms with Gasteiger partial charge in [-0.1, -0.05) is 0 Å². The molecule has 0 radical (unpaired) electrons. The van der Waals surface area contributed by atoms with Gasteiger partial charge in [0.1, 0.15) is 0 Å². The first-order valence-electron chi connectivity index (χ1n) is 7.84. The zero-order chi connectivity index (χ0) is 19.0. The molecule has 0 fully saturated rings. The second kappa shape index (κ2) is 6.91. The van der Waals surface area contributed by atoms with Gasteiger partial charge in [0.15, 0.2) is 11.5 Å². The van der Waals surface area contributed by atoms with Crippen LogP contribution < -0.4 is 20.6 Å². The first-order chi connectivity index (χ1) is 12.4. The summed E-state index contributed by atoms with van der Waals surface area (Å²) in [7, 11) is 3.08. The fraction of sp³-hybridized carbons (Fsp3) is 0.294. The van der Waals surface area contributed by atoms with Gasteiger partial charge in [-0.25, -0.2) is 0 Å². The fourth-order valence-electron chi connectivity index (χ4n) is 3.19. The lowest BCUT2D eigenvalue weighted by molar-refractivity contribution is 0.352. The van der Waals surface area contributed by atoms with Gasteiger partial charge in [-0.15, -0.1) is 0 Å². The molecule has 26 heavy (non-hydrogen) atoms. The molecule has 9 heteroatoms. The molecule has 2 heterocycles. The summed E-state index contributed by atoms with van der Waals surface area (Å²) in [4.78, 5) is 24.9. The Labute approximate surface area is 157 Å². The third-order valence-corrected chi connectivity index (χ3v) is 4.98. The quantitative estimate of drug-likeness (QED) is 0.504. The van der Waals surface area contributed by atoms with Crippen LogP contribution in [-0.2, 0) is 0 Å². The third kappa shape index (κ3) is 2.88. The van der Waals surface area contributed by atoms with Crippen LogP contribution in [0.25, 0.3) is 0 Å². The van der Waals surface area contributed by atoms with Gasteiger partial charge in [0.2, 0.25) is 0 Å². The molecule has 0 saturated heterocycles. The van der Waals surface area contributed by atoms with Crippen molar-refractivity contribution in [3.05, 3.63) is 65.4 Å². The largest absolute Gasteiger partial charge is 0.493 e. The molecule has 1 aromatic carbocycles. The Morgan fingerprint density at radius 1 is 0.885 bits per heavy atom. The molecule has 4 N–H and O–H groups in total. The van der Waals surface area contributed by atoms with Crippen molar-refractivity contribution in [3.63, 3.8) is 0 Å². The van der Waals surface area contributed by atoms with Crippen LogP contribution in [-0.4, -0.2) is 34.6 Å². The van der Waals surface area contributed by atoms with Gasteiger partial charge in [-0.2, -0.15) is 0 Å². The zero-order valence-electron chi connectivity index (χ0n) is 14.7. The summed E-state index contributed by atoms with van der Waals surface area (Å²) >= 11 is 3.48. The van der Waals surface area contributed by atoms with Crippen LogP contribution >= 0.6 is 15.9 Å². The molecule has 2 aromatic heterocycles. The Bertz CT molecular complexity index is 1010. The lowest BCUT2D eigenvalue weighted by Gasteiger charge is -2.19. The average Bonchev–Trinajstić information content (AvgIpc) is 3.11. The predicted octanol–water partition coefficient (Wildman–Crippen LogP) is 2.30. The van der Waals surface area contributed by atoms with Crippen LogP contribution in [0.2, 0.25) is 0 Å². The Hall–Kier alpha value is -2.68. The van der Waals surface area contributed by atoms with E-state index in [2.05, 4.69) is 36.3 Å². The Balaban J connectivity index is 2.35. The van der Waals surface area contributed by atoms with Gasteiger partial charge >= 0.3 is 0 Å². The molecule has 138 valence electrons. The van der Waals surface area contributed by atoms with E-state index in [9.17, 15) is 9.59 Å². The Morgan fingerprint density at radius 3 is 1.81 bits per heavy atom. The minimum absolute atomic E-state index is 0.279. The maximum Gasteiger partial charge on any atom is 0.268 e. The molecule has 0 aliphatic carbocycles. The summed E-state index contributed by atoms with van der Waals surface area (Å²) in [5.41, 5.74) is 2.42. The number of aromatic nitrogens is 4. The number of halogens is 1. The minimum Gasteiger partial charge on any atom is -0.493 e. The lowest BCUT2D eigenvalue weighted by Crippen LogP contribution is -2.20. The molecule has 0 bridgehead atoms. The van der Waals surface area contributed by atoms with Crippen molar-refractivity contribution in [2.75, 3.05) is 14.2 Å². The van der Waals surface area contributed by atoms with E-state index in [0.717, 1.165) is 5.56 Å². The van der Waals surface area contributed by atoms with Gasteiger partial charge in [0.05, 0.1) is 29.8 Å². The van der Waals surface area contributed by atoms with Crippen molar-refractivity contribution >= 4 is 15.9 Å². The maximum atomic E-state index is 12.5. The molecular weight excluding hydrogens is 404 g/mol. The molecule has 3 aromatic rings. The van der Waals surface area contributed by atoms with Crippen molar-refractivity contribution in [1.29, 1.82) is 0 Å². The third-order valence-electron chi connectivity index (χ3n) is 4.39. The van der Waals surface area contributed by atoms with Crippen molar-refractivity contribution in [1.82, 2.24) is 20.4 Å². The number of ether oxygens (including phenoxy) is 2. The predicted molar refractivity (Wildman–Crippen MR) is 100 cm³/mol. The molecule has 8 nitrogen and oxygen atoms in total. The standard InChI is InChI=1S/C17H19BrN4O4/c1-7-12(16(23)21-19-7)14(13-8(2)20-22-17(13)24)9-5-10(18)15(26-4)11(6-9)25-3/h5-6,14H,1-4H3,(H2,19,21,23)(H2,20,22,24). The van der Waals surface area contributed by atoms with Gasteiger partial charge < -0.3 is 19.7 Å². The highest BCUT2D eigenvalue weighted by Crippen LogP contribution is 2.41. The summed E-state index contributed by atoms with van der Waals surface area (Å²) in [6.45, 7) is 3.57. The van der Waals surface area contributed by atoms with E-state index in [1.807, 2.05) is 6.07 Å². The van der Waals surface area contributed by atoms with E-state index < -0.39 is 5.92 Å². The Kier molecular flexibility index (Phi) is 4.82. The van der Waals surface area contributed by atoms with Gasteiger partial charge in [0, 0.05) is 17.3 Å². The summed E-state index contributed by atoms with van der Waals surface area (Å²) in [6.07, 6.45) is 0. The number of benzene rings is 1. The average molecular weight is 423 g/mol. The van der Waals surface area contributed by atoms with Crippen LogP contribution in [0.5, 0.6) is 11.5 Å². The Morgan fingerprint density at radius 2 is 1.42 bits per heavy atom. The van der Waals surface area contributed by atoms with Crippen LogP contribution in [0, 0.1) is 13.8 Å². The van der Waals surface area contributed by atoms with Crippen molar-refractivity contribution in [2.45, 2.75) is 19.8 Å². The highest BCUT2D eigenvalue weighted by Gasteiger charge is 2.29. The number of aromatic amines is 4. The van der Waals surface area contributed by atoms with Gasteiger partial charge in [-0.05, 0) is 47.5 Å². The van der Waals surface area contributed by atoms with E-state index in [0.29, 0.717) is 38.5 Å². The molecule has 0 unspecified atom stereocenters. The first-order valence-corrected chi connectivity index (χ1v) is 8.64. The van der Waals surface area contributed by atoms with Gasteiger partial charge in [0.25, 0.3) is 11.1 Å². The molecule has 0 amide bonds. The fourth-order valence-corrected chi connectivity index (χ4v) is 3.81. The highest BCUT2D eigenvalue weighted by molar-refractivity contribution is 9.10. The lowest BCUT2D eigenvalue weighted by atomic mass is 9.85. The number of nitrogens with one attached hydrogen (secondary N) is 4. The normalized spacial score (nSPS) is 11.2. The van der Waals surface area contributed by atoms with Crippen molar-refractivity contribution < 1.29 is 9.47 Å². The van der Waals surface area contributed by atoms with E-state index >= 15 is 0 Å². The summed E-state index contributed by atoms with van der Waals surface area (Å²) in [5, 5.41) is 10.8. The summed E-state index contributed by atoms with van der Waals surface area (Å²) in [6, 6.07) is 3.59. The van der Waals surface area contributed by atoms with E-state index in [-0.39, 0.29) is 11.1 Å². The second-order valence-electron chi connectivity index (χ2n) is 5.91. The smallest absolute Gasteiger partial charge is 0.268 e. The van der Waals surface area contributed by atoms with E-state index in [1.165, 1.54) is 7.11 Å². The molecule has 0 aliphatic heterocycles. The van der Waals surface area contributed by atoms with E-state index in [1.54, 1.807) is 27.0 Å². The van der Waals surface area contributed by atoms with Crippen molar-refractivity contribution in [3.8, 4) is 11.5 Å². The molecule has 0 atom stereocenters. The molecule has 0 aliphatic rings. The van der Waals surface area contributed by atoms with E-state index in [4.69, 9.17) is 9.47 Å². The summed E-state index contributed by atoms with van der Waals surface area (Å²) in [5.74, 6) is 0.446. The second-order valence-corrected chi connectivity index (χ2v) is 6.76. The maximum absolute atomic E-state index is 12.5. The molecule has 0 saturated carbocycles. The first kappa shape index (κ1) is 18.1. The SMILES string of the molecule is COc1cc(C(c2c(C)[nH][nH]c2=O)c2c(C)[nH][nH]c2=O)cc(Br)c1OC. The number of hydrogen-bond acceptors (Lipinski definition) is 4. The minimum atomic E-state index is -0.587. The van der Waals surface area contributed by atoms with Crippen LogP contribution in [0.15, 0.2) is 26.2 Å². The number of H-pyrrole nitrogens is 4. The summed E-state index contributed by atoms with van der Waals surface area (Å²) < 4.78 is 11.4. The molecule has 0 spiro atoms. The number of rotatable bonds is 5. The molecular formula is C17H19BrN4O4. The van der Waals surface area contributed by atoms with Crippen molar-refractivity contribution in [2.24, 2.45) is 0 Å². The van der Waals surface area contributed by atoms with Gasteiger partial charge in [-0.3, -0.25) is 19.8 Å². The zero-order valence-corrected chi connectivity index (χ0v) is 16.3. The van der Waals surface area contributed by atoms with Crippen LogP contribution in [0.1, 0.15) is 34.0 Å². The topological polar surface area (TPSA) is 116 Å². The van der Waals surface area contributed by atoms with Crippen LogP contribution in [0.3, 0.4) is 0 Å². The van der Waals surface area contributed by atoms with Crippen LogP contribution in [0.4, 0.5) is 0 Å².